The highest BCUT2D eigenvalue weighted by molar-refractivity contribution is 8.00. The molecule has 0 bridgehead atoms. The lowest BCUT2D eigenvalue weighted by Crippen LogP contribution is -2.57. The maximum atomic E-state index is 11.2. The van der Waals surface area contributed by atoms with Crippen LogP contribution in [0.15, 0.2) is 36.0 Å². The maximum absolute atomic E-state index is 11.2. The Morgan fingerprint density at radius 1 is 0.778 bits per heavy atom. The lowest BCUT2D eigenvalue weighted by atomic mass is 9.45. The van der Waals surface area contributed by atoms with E-state index >= 15 is 0 Å². The van der Waals surface area contributed by atoms with Crippen molar-refractivity contribution < 1.29 is 14.7 Å². The van der Waals surface area contributed by atoms with Crippen molar-refractivity contribution in [1.29, 1.82) is 0 Å². The van der Waals surface area contributed by atoms with Crippen LogP contribution in [0.5, 0.6) is 0 Å². The number of aliphatic hydroxyl groups is 2. The highest BCUT2D eigenvalue weighted by Gasteiger charge is 2.58. The fraction of sp³-hybridized carbons (Fsp3) is 0.850. The molecule has 0 amide bonds. The summed E-state index contributed by atoms with van der Waals surface area (Å²) < 4.78 is 5.43. The van der Waals surface area contributed by atoms with Crippen LogP contribution in [0.25, 0.3) is 0 Å². The fourth-order valence-electron chi connectivity index (χ4n) is 11.5. The molecule has 0 aromatic rings. The minimum atomic E-state index is -0.531. The van der Waals surface area contributed by atoms with Crippen LogP contribution in [0.1, 0.15) is 153 Å². The number of fused-ring (bicyclic) bond motifs is 2. The summed E-state index contributed by atoms with van der Waals surface area (Å²) in [5.41, 5.74) is 2.96. The van der Waals surface area contributed by atoms with Gasteiger partial charge in [0.05, 0.1) is 17.8 Å². The highest BCUT2D eigenvalue weighted by Crippen LogP contribution is 2.64. The molecule has 10 atom stereocenters. The van der Waals surface area contributed by atoms with Gasteiger partial charge >= 0.3 is 0 Å². The zero-order valence-corrected chi connectivity index (χ0v) is 33.2. The first kappa shape index (κ1) is 39.4. The lowest BCUT2D eigenvalue weighted by molar-refractivity contribution is -0.169. The van der Waals surface area contributed by atoms with Crippen molar-refractivity contribution >= 4 is 17.4 Å². The maximum Gasteiger partial charge on any atom is 0.0693 e. The molecule has 45 heavy (non-hydrogen) atoms. The van der Waals surface area contributed by atoms with Crippen molar-refractivity contribution in [2.45, 2.75) is 164 Å². The molecule has 0 saturated heterocycles. The normalized spacial score (nSPS) is 41.5. The van der Waals surface area contributed by atoms with E-state index in [1.807, 2.05) is 6.08 Å². The van der Waals surface area contributed by atoms with Crippen molar-refractivity contribution in [3.8, 4) is 0 Å². The Bertz CT molecular complexity index is 1060. The second-order valence-corrected chi connectivity index (χ2v) is 19.3. The molecule has 260 valence electrons. The Balaban J connectivity index is 0.000000248. The summed E-state index contributed by atoms with van der Waals surface area (Å²) in [5.74, 6) is 2.24. The van der Waals surface area contributed by atoms with Gasteiger partial charge in [0.15, 0.2) is 0 Å². The fourth-order valence-corrected chi connectivity index (χ4v) is 12.0. The Morgan fingerprint density at radius 3 is 1.76 bits per heavy atom. The monoisotopic (exact) mass is 662 g/mol. The average Bonchev–Trinajstić information content (AvgIpc) is 2.91. The van der Waals surface area contributed by atoms with Gasteiger partial charge in [-0.15, -0.1) is 0 Å². The van der Waals surface area contributed by atoms with E-state index in [0.29, 0.717) is 37.8 Å². The van der Waals surface area contributed by atoms with Crippen LogP contribution in [0.2, 0.25) is 0 Å². The molecule has 0 heterocycles. The van der Waals surface area contributed by atoms with Crippen LogP contribution in [-0.2, 0) is 4.52 Å². The van der Waals surface area contributed by atoms with Crippen LogP contribution in [0.4, 0.5) is 0 Å². The quantitative estimate of drug-likeness (QED) is 0.112. The summed E-state index contributed by atoms with van der Waals surface area (Å²) in [6.07, 6.45) is 21.7. The molecule has 4 aliphatic carbocycles. The van der Waals surface area contributed by atoms with Crippen LogP contribution in [0, 0.1) is 45.3 Å². The molecule has 4 unspecified atom stereocenters. The first-order valence-electron chi connectivity index (χ1n) is 18.2. The molecule has 0 aromatic carbocycles. The third-order valence-electron chi connectivity index (χ3n) is 13.9. The molecular formula is C40H72O3P2. The van der Waals surface area contributed by atoms with Gasteiger partial charge in [-0.2, -0.15) is 0 Å². The van der Waals surface area contributed by atoms with Crippen LogP contribution in [0.3, 0.4) is 0 Å². The van der Waals surface area contributed by atoms with Gasteiger partial charge in [0.1, 0.15) is 0 Å². The van der Waals surface area contributed by atoms with Gasteiger partial charge in [-0.25, -0.2) is 0 Å². The van der Waals surface area contributed by atoms with E-state index in [0.717, 1.165) is 43.9 Å². The van der Waals surface area contributed by atoms with E-state index < -0.39 is 11.2 Å². The van der Waals surface area contributed by atoms with E-state index in [-0.39, 0.29) is 10.8 Å². The van der Waals surface area contributed by atoms with Gasteiger partial charge in [0.2, 0.25) is 0 Å². The molecule has 4 aliphatic rings. The number of rotatable bonds is 9. The number of hydrogen-bond donors (Lipinski definition) is 2. The van der Waals surface area contributed by atoms with Gasteiger partial charge in [0, 0.05) is 8.50 Å². The van der Waals surface area contributed by atoms with Gasteiger partial charge < -0.3 is 14.7 Å². The SMILES string of the molecule is C/C(=C\COPP)CC[C@@H]1[C@@]2(C)CCCC(C)(C)C2CC[C@@]1(C)O.C=C/C(C)=C/C[C@@H]1[C@@]2(C)CCCC(C)(C)C2CC[C@@]1(C)O. The van der Waals surface area contributed by atoms with Crippen LogP contribution >= 0.6 is 17.4 Å². The molecule has 2 N–H and O–H groups in total. The van der Waals surface area contributed by atoms with E-state index in [2.05, 4.69) is 96.9 Å². The molecular weight excluding hydrogens is 590 g/mol. The molecule has 4 rings (SSSR count). The summed E-state index contributed by atoms with van der Waals surface area (Å²) in [6.45, 7) is 27.8. The zero-order valence-electron chi connectivity index (χ0n) is 31.0. The minimum absolute atomic E-state index is 0.265. The zero-order chi connectivity index (χ0) is 33.9. The standard InChI is InChI=1S/C20H38O2P2.C20H34O/c1-15(10-14-22-24-23)7-8-17-19(4)12-6-11-18(2,3)16(19)9-13-20(17,5)21;1-7-15(2)9-10-17-19(5)13-8-12-18(3,4)16(19)11-14-20(17,6)21/h10,16-17,21,24H,6-9,11-14,23H2,1-5H3;7,9,16-17,21H,1,8,10-14H2,2-6H3/b15-10+;15-9+/t2*16?,17-,19+,20-/m11/s1. The van der Waals surface area contributed by atoms with Gasteiger partial charge in [-0.1, -0.05) is 99.3 Å². The van der Waals surface area contributed by atoms with Gasteiger partial charge in [0.25, 0.3) is 0 Å². The topological polar surface area (TPSA) is 49.7 Å². The smallest absolute Gasteiger partial charge is 0.0693 e. The summed E-state index contributed by atoms with van der Waals surface area (Å²) in [5, 5.41) is 22.2. The first-order valence-corrected chi connectivity index (χ1v) is 21.0. The molecule has 3 nitrogen and oxygen atoms in total. The summed E-state index contributed by atoms with van der Waals surface area (Å²) in [4.78, 5) is 0. The van der Waals surface area contributed by atoms with Crippen molar-refractivity contribution in [3.05, 3.63) is 36.0 Å². The second kappa shape index (κ2) is 15.2. The lowest BCUT2D eigenvalue weighted by Gasteiger charge is -2.61. The predicted molar refractivity (Wildman–Crippen MR) is 201 cm³/mol. The van der Waals surface area contributed by atoms with Crippen molar-refractivity contribution in [2.24, 2.45) is 45.3 Å². The summed E-state index contributed by atoms with van der Waals surface area (Å²) >= 11 is 0. The number of allylic oxidation sites excluding steroid dienone is 4. The van der Waals surface area contributed by atoms with E-state index in [1.54, 1.807) is 0 Å². The highest BCUT2D eigenvalue weighted by atomic mass is 32.0. The molecule has 4 fully saturated rings. The Kier molecular flexibility index (Phi) is 13.3. The largest absolute Gasteiger partial charge is 0.390 e. The molecule has 0 aliphatic heterocycles. The van der Waals surface area contributed by atoms with E-state index in [9.17, 15) is 10.2 Å². The predicted octanol–water partition coefficient (Wildman–Crippen LogP) is 11.6. The Labute approximate surface area is 283 Å². The van der Waals surface area contributed by atoms with E-state index in [1.165, 1.54) is 62.5 Å². The third kappa shape index (κ3) is 8.96. The van der Waals surface area contributed by atoms with Crippen LogP contribution in [-0.4, -0.2) is 28.0 Å². The minimum Gasteiger partial charge on any atom is -0.390 e. The second-order valence-electron chi connectivity index (χ2n) is 18.1. The third-order valence-corrected chi connectivity index (χ3v) is 14.8. The van der Waals surface area contributed by atoms with E-state index in [4.69, 9.17) is 4.52 Å². The van der Waals surface area contributed by atoms with Gasteiger partial charge in [-0.05, 0) is 144 Å². The summed E-state index contributed by atoms with van der Waals surface area (Å²) in [6, 6.07) is 0. The van der Waals surface area contributed by atoms with Gasteiger partial charge in [-0.3, -0.25) is 0 Å². The molecule has 0 aromatic heterocycles. The average molecular weight is 663 g/mol. The van der Waals surface area contributed by atoms with Crippen LogP contribution < -0.4 is 0 Å². The van der Waals surface area contributed by atoms with Crippen molar-refractivity contribution in [1.82, 2.24) is 0 Å². The Hall–Kier alpha value is -0.0400. The van der Waals surface area contributed by atoms with Crippen molar-refractivity contribution in [3.63, 3.8) is 0 Å². The molecule has 5 heteroatoms. The Morgan fingerprint density at radius 2 is 1.27 bits per heavy atom. The number of hydrogen-bond acceptors (Lipinski definition) is 3. The molecule has 4 saturated carbocycles. The molecule has 0 radical (unpaired) electrons. The molecule has 0 spiro atoms. The van der Waals surface area contributed by atoms with Crippen molar-refractivity contribution in [2.75, 3.05) is 6.61 Å². The summed E-state index contributed by atoms with van der Waals surface area (Å²) in [7, 11) is 3.10. The first-order chi connectivity index (χ1) is 20.8.